The molecule has 4 aromatic rings. The second-order valence-electron chi connectivity index (χ2n) is 6.16. The van der Waals surface area contributed by atoms with E-state index in [0.29, 0.717) is 24.6 Å². The average Bonchev–Trinajstić information content (AvgIpc) is 3.06. The standard InChI is InChI=1S/C18H14N6OS/c19-16-15-10-5-6-24(8-14(10)26-17(15)22-9-21-16)18(25)13-7-20-11-3-1-2-4-12(11)23-13/h1-4,7,9H,5-6,8H2,(H2,19,21,22). The Bertz CT molecular complexity index is 1170. The number of amides is 1. The van der Waals surface area contributed by atoms with Gasteiger partial charge < -0.3 is 10.6 Å². The van der Waals surface area contributed by atoms with E-state index in [-0.39, 0.29) is 5.91 Å². The maximum atomic E-state index is 12.9. The maximum Gasteiger partial charge on any atom is 0.274 e. The zero-order valence-electron chi connectivity index (χ0n) is 13.7. The molecule has 128 valence electrons. The Balaban J connectivity index is 1.49. The molecular formula is C18H14N6OS. The molecule has 1 amide bonds. The van der Waals surface area contributed by atoms with Crippen LogP contribution in [-0.4, -0.2) is 37.3 Å². The number of hydrogen-bond acceptors (Lipinski definition) is 7. The number of carbonyl (C=O) groups excluding carboxylic acids is 1. The van der Waals surface area contributed by atoms with Crippen LogP contribution in [0.5, 0.6) is 0 Å². The number of anilines is 1. The first-order chi connectivity index (χ1) is 12.7. The average molecular weight is 362 g/mol. The molecule has 7 nitrogen and oxygen atoms in total. The van der Waals surface area contributed by atoms with Crippen LogP contribution in [0.4, 0.5) is 5.82 Å². The van der Waals surface area contributed by atoms with Gasteiger partial charge >= 0.3 is 0 Å². The van der Waals surface area contributed by atoms with E-state index in [0.717, 1.165) is 38.1 Å². The summed E-state index contributed by atoms with van der Waals surface area (Å²) in [5.41, 5.74) is 9.06. The second kappa shape index (κ2) is 5.70. The third-order valence-electron chi connectivity index (χ3n) is 4.62. The molecule has 0 atom stereocenters. The normalized spacial score (nSPS) is 13.9. The summed E-state index contributed by atoms with van der Waals surface area (Å²) in [5.74, 6) is 0.401. The summed E-state index contributed by atoms with van der Waals surface area (Å²) in [4.78, 5) is 33.9. The lowest BCUT2D eigenvalue weighted by Gasteiger charge is -2.26. The Morgan fingerprint density at radius 2 is 2.00 bits per heavy atom. The molecule has 0 saturated carbocycles. The molecule has 1 aliphatic rings. The summed E-state index contributed by atoms with van der Waals surface area (Å²) in [6.07, 6.45) is 3.77. The molecule has 1 aromatic carbocycles. The highest BCUT2D eigenvalue weighted by atomic mass is 32.1. The van der Waals surface area contributed by atoms with Crippen molar-refractivity contribution in [2.24, 2.45) is 0 Å². The van der Waals surface area contributed by atoms with Gasteiger partial charge in [-0.05, 0) is 24.1 Å². The second-order valence-corrected chi connectivity index (χ2v) is 7.25. The van der Waals surface area contributed by atoms with Crippen molar-refractivity contribution in [1.29, 1.82) is 0 Å². The quantitative estimate of drug-likeness (QED) is 0.558. The van der Waals surface area contributed by atoms with Gasteiger partial charge in [-0.2, -0.15) is 0 Å². The van der Waals surface area contributed by atoms with Crippen molar-refractivity contribution in [3.05, 3.63) is 52.9 Å². The van der Waals surface area contributed by atoms with Gasteiger partial charge in [-0.1, -0.05) is 12.1 Å². The van der Waals surface area contributed by atoms with Crippen LogP contribution >= 0.6 is 11.3 Å². The highest BCUT2D eigenvalue weighted by Crippen LogP contribution is 2.36. The Kier molecular flexibility index (Phi) is 3.32. The van der Waals surface area contributed by atoms with Gasteiger partial charge in [-0.25, -0.2) is 15.0 Å². The van der Waals surface area contributed by atoms with Crippen LogP contribution in [-0.2, 0) is 13.0 Å². The van der Waals surface area contributed by atoms with E-state index in [4.69, 9.17) is 5.73 Å². The fourth-order valence-corrected chi connectivity index (χ4v) is 4.56. The van der Waals surface area contributed by atoms with Crippen molar-refractivity contribution in [3.63, 3.8) is 0 Å². The molecule has 0 fully saturated rings. The number of aromatic nitrogens is 4. The minimum absolute atomic E-state index is 0.106. The van der Waals surface area contributed by atoms with Gasteiger partial charge in [-0.3, -0.25) is 9.78 Å². The summed E-state index contributed by atoms with van der Waals surface area (Å²) in [5, 5.41) is 0.935. The number of rotatable bonds is 1. The van der Waals surface area contributed by atoms with Gasteiger partial charge in [-0.15, -0.1) is 11.3 Å². The summed E-state index contributed by atoms with van der Waals surface area (Å²) >= 11 is 1.57. The molecule has 0 bridgehead atoms. The lowest BCUT2D eigenvalue weighted by Crippen LogP contribution is -2.35. The van der Waals surface area contributed by atoms with Crippen LogP contribution < -0.4 is 5.73 Å². The number of para-hydroxylation sites is 2. The monoisotopic (exact) mass is 362 g/mol. The first-order valence-corrected chi connectivity index (χ1v) is 9.04. The maximum absolute atomic E-state index is 12.9. The van der Waals surface area contributed by atoms with Gasteiger partial charge in [0, 0.05) is 11.4 Å². The molecule has 0 saturated heterocycles. The number of nitrogens with two attached hydrogens (primary N) is 1. The topological polar surface area (TPSA) is 97.9 Å². The zero-order valence-corrected chi connectivity index (χ0v) is 14.5. The third kappa shape index (κ3) is 2.30. The van der Waals surface area contributed by atoms with Gasteiger partial charge in [0.05, 0.1) is 29.2 Å². The Labute approximate surface area is 152 Å². The number of benzene rings is 1. The van der Waals surface area contributed by atoms with Gasteiger partial charge in [0.15, 0.2) is 0 Å². The van der Waals surface area contributed by atoms with Crippen LogP contribution in [0.15, 0.2) is 36.8 Å². The minimum atomic E-state index is -0.106. The number of thiophene rings is 1. The molecule has 5 rings (SSSR count). The van der Waals surface area contributed by atoms with E-state index in [2.05, 4.69) is 19.9 Å². The zero-order chi connectivity index (χ0) is 17.7. The Morgan fingerprint density at radius 3 is 2.88 bits per heavy atom. The summed E-state index contributed by atoms with van der Waals surface area (Å²) in [6.45, 7) is 1.14. The molecule has 0 spiro atoms. The van der Waals surface area contributed by atoms with Crippen LogP contribution in [0.3, 0.4) is 0 Å². The third-order valence-corrected chi connectivity index (χ3v) is 5.75. The fraction of sp³-hybridized carbons (Fsp3) is 0.167. The smallest absolute Gasteiger partial charge is 0.274 e. The lowest BCUT2D eigenvalue weighted by atomic mass is 10.0. The summed E-state index contributed by atoms with van der Waals surface area (Å²) in [6, 6.07) is 7.54. The highest BCUT2D eigenvalue weighted by Gasteiger charge is 2.27. The van der Waals surface area contributed by atoms with Crippen LogP contribution in [0.2, 0.25) is 0 Å². The summed E-state index contributed by atoms with van der Waals surface area (Å²) < 4.78 is 0. The minimum Gasteiger partial charge on any atom is -0.383 e. The van der Waals surface area contributed by atoms with E-state index in [1.54, 1.807) is 22.4 Å². The lowest BCUT2D eigenvalue weighted by molar-refractivity contribution is 0.0731. The number of fused-ring (bicyclic) bond motifs is 4. The molecule has 4 heterocycles. The van der Waals surface area contributed by atoms with Crippen molar-refractivity contribution in [3.8, 4) is 0 Å². The SMILES string of the molecule is Nc1ncnc2sc3c(c12)CCN(C(=O)c1cnc2ccccc2n1)C3. The first-order valence-electron chi connectivity index (χ1n) is 8.22. The predicted molar refractivity (Wildman–Crippen MR) is 99.8 cm³/mol. The van der Waals surface area contributed by atoms with E-state index >= 15 is 0 Å². The fourth-order valence-electron chi connectivity index (χ4n) is 3.35. The van der Waals surface area contributed by atoms with E-state index in [9.17, 15) is 4.79 Å². The van der Waals surface area contributed by atoms with Crippen molar-refractivity contribution in [2.75, 3.05) is 12.3 Å². The molecule has 2 N–H and O–H groups in total. The van der Waals surface area contributed by atoms with Crippen LogP contribution in [0.1, 0.15) is 20.9 Å². The molecule has 26 heavy (non-hydrogen) atoms. The first kappa shape index (κ1) is 15.2. The molecule has 0 aliphatic carbocycles. The van der Waals surface area contributed by atoms with E-state index < -0.39 is 0 Å². The number of carbonyl (C=O) groups is 1. The molecule has 0 unspecified atom stereocenters. The highest BCUT2D eigenvalue weighted by molar-refractivity contribution is 7.19. The molecule has 3 aromatic heterocycles. The molecule has 8 heteroatoms. The van der Waals surface area contributed by atoms with E-state index in [1.165, 1.54) is 6.33 Å². The molecule has 1 aliphatic heterocycles. The number of nitrogens with zero attached hydrogens (tertiary/aromatic N) is 5. The number of hydrogen-bond donors (Lipinski definition) is 1. The largest absolute Gasteiger partial charge is 0.383 e. The van der Waals surface area contributed by atoms with Gasteiger partial charge in [0.25, 0.3) is 5.91 Å². The van der Waals surface area contributed by atoms with Crippen LogP contribution in [0.25, 0.3) is 21.3 Å². The van der Waals surface area contributed by atoms with Crippen molar-refractivity contribution in [2.45, 2.75) is 13.0 Å². The summed E-state index contributed by atoms with van der Waals surface area (Å²) in [7, 11) is 0. The van der Waals surface area contributed by atoms with Crippen molar-refractivity contribution >= 4 is 44.3 Å². The van der Waals surface area contributed by atoms with Gasteiger partial charge in [0.1, 0.15) is 22.7 Å². The van der Waals surface area contributed by atoms with E-state index in [1.807, 2.05) is 24.3 Å². The predicted octanol–water partition coefficient (Wildman–Crippen LogP) is 2.42. The van der Waals surface area contributed by atoms with Crippen molar-refractivity contribution in [1.82, 2.24) is 24.8 Å². The van der Waals surface area contributed by atoms with Crippen LogP contribution in [0, 0.1) is 0 Å². The van der Waals surface area contributed by atoms with Gasteiger partial charge in [0.2, 0.25) is 0 Å². The molecular weight excluding hydrogens is 348 g/mol. The number of nitrogen functional groups attached to an aromatic ring is 1. The Morgan fingerprint density at radius 1 is 1.15 bits per heavy atom. The molecule has 0 radical (unpaired) electrons. The van der Waals surface area contributed by atoms with Crippen molar-refractivity contribution < 1.29 is 4.79 Å². The Hall–Kier alpha value is -3.13.